The third kappa shape index (κ3) is 2.53. The molecule has 1 aromatic carbocycles. The summed E-state index contributed by atoms with van der Waals surface area (Å²) in [5.74, 6) is -0.0223. The number of imidazole rings is 1. The summed E-state index contributed by atoms with van der Waals surface area (Å²) in [6.45, 7) is 0. The van der Waals surface area contributed by atoms with Gasteiger partial charge in [0.2, 0.25) is 0 Å². The van der Waals surface area contributed by atoms with Crippen molar-refractivity contribution in [3.8, 4) is 23.2 Å². The fraction of sp³-hybridized carbons (Fsp3) is 0.286. The van der Waals surface area contributed by atoms with Gasteiger partial charge in [-0.1, -0.05) is 0 Å². The zero-order valence-electron chi connectivity index (χ0n) is 15.1. The minimum Gasteiger partial charge on any atom is -0.508 e. The number of fused-ring (bicyclic) bond motifs is 3. The van der Waals surface area contributed by atoms with E-state index in [-0.39, 0.29) is 17.7 Å². The Bertz CT molecular complexity index is 1230. The average Bonchev–Trinajstić information content (AvgIpc) is 3.32. The van der Waals surface area contributed by atoms with E-state index in [2.05, 4.69) is 20.6 Å². The number of rotatable bonds is 2. The van der Waals surface area contributed by atoms with Crippen LogP contribution in [0.5, 0.6) is 5.75 Å². The number of aromatic amines is 1. The predicted molar refractivity (Wildman–Crippen MR) is 103 cm³/mol. The van der Waals surface area contributed by atoms with Crippen LogP contribution in [0.15, 0.2) is 36.7 Å². The average molecular weight is 375 g/mol. The molecule has 0 aliphatic heterocycles. The van der Waals surface area contributed by atoms with E-state index in [9.17, 15) is 14.8 Å². The molecule has 1 saturated carbocycles. The molecule has 0 spiro atoms. The van der Waals surface area contributed by atoms with Crippen LogP contribution >= 0.6 is 0 Å². The standard InChI is InChI=1S/C21H18FN5O/c22-17-9-14(28)5-6-15(17)21-26-18-11-25-20-16(7-8-24-20)19(18)27(21)13-3-1-12(10-23)2-4-13/h5-9,11-13,28H,1-4H2,(H,24,25)/t12-,13-. The van der Waals surface area contributed by atoms with E-state index in [4.69, 9.17) is 4.98 Å². The van der Waals surface area contributed by atoms with Crippen molar-refractivity contribution in [3.63, 3.8) is 0 Å². The van der Waals surface area contributed by atoms with Crippen LogP contribution in [0.4, 0.5) is 4.39 Å². The topological polar surface area (TPSA) is 90.5 Å². The fourth-order valence-corrected chi connectivity index (χ4v) is 4.29. The molecule has 0 bridgehead atoms. The Balaban J connectivity index is 1.77. The Morgan fingerprint density at radius 2 is 2.04 bits per heavy atom. The number of halogens is 1. The Labute approximate surface area is 160 Å². The summed E-state index contributed by atoms with van der Waals surface area (Å²) >= 11 is 0. The van der Waals surface area contributed by atoms with Gasteiger partial charge in [-0.3, -0.25) is 0 Å². The third-order valence-electron chi connectivity index (χ3n) is 5.67. The molecule has 4 aromatic rings. The maximum Gasteiger partial charge on any atom is 0.144 e. The molecular weight excluding hydrogens is 357 g/mol. The van der Waals surface area contributed by atoms with Gasteiger partial charge in [-0.15, -0.1) is 0 Å². The minimum atomic E-state index is -0.513. The lowest BCUT2D eigenvalue weighted by Crippen LogP contribution is -2.18. The van der Waals surface area contributed by atoms with Crippen molar-refractivity contribution in [2.75, 3.05) is 0 Å². The van der Waals surface area contributed by atoms with Crippen molar-refractivity contribution in [2.24, 2.45) is 5.92 Å². The zero-order chi connectivity index (χ0) is 19.3. The summed E-state index contributed by atoms with van der Waals surface area (Å²) in [7, 11) is 0. The van der Waals surface area contributed by atoms with Gasteiger partial charge in [0.15, 0.2) is 0 Å². The number of aromatic nitrogens is 4. The number of nitrogens with one attached hydrogen (secondary N) is 1. The molecule has 2 N–H and O–H groups in total. The van der Waals surface area contributed by atoms with E-state index in [1.165, 1.54) is 6.07 Å². The van der Waals surface area contributed by atoms with E-state index in [0.717, 1.165) is 48.3 Å². The van der Waals surface area contributed by atoms with Gasteiger partial charge >= 0.3 is 0 Å². The number of hydrogen-bond donors (Lipinski definition) is 2. The number of hydrogen-bond acceptors (Lipinski definition) is 4. The lowest BCUT2D eigenvalue weighted by molar-refractivity contribution is 0.320. The van der Waals surface area contributed by atoms with Gasteiger partial charge in [-0.2, -0.15) is 5.26 Å². The summed E-state index contributed by atoms with van der Waals surface area (Å²) in [5.41, 5.74) is 2.74. The van der Waals surface area contributed by atoms with Crippen molar-refractivity contribution < 1.29 is 9.50 Å². The number of nitriles is 1. The molecule has 7 heteroatoms. The van der Waals surface area contributed by atoms with Gasteiger partial charge in [0.1, 0.15) is 28.6 Å². The van der Waals surface area contributed by atoms with E-state index >= 15 is 0 Å². The number of pyridine rings is 1. The monoisotopic (exact) mass is 375 g/mol. The molecule has 0 atom stereocenters. The number of H-pyrrole nitrogens is 1. The Kier molecular flexibility index (Phi) is 3.79. The number of benzene rings is 1. The highest BCUT2D eigenvalue weighted by Gasteiger charge is 2.28. The molecule has 5 rings (SSSR count). The highest BCUT2D eigenvalue weighted by molar-refractivity contribution is 6.02. The summed E-state index contributed by atoms with van der Waals surface area (Å²) in [4.78, 5) is 12.3. The van der Waals surface area contributed by atoms with Crippen LogP contribution in [-0.2, 0) is 0 Å². The zero-order valence-corrected chi connectivity index (χ0v) is 15.1. The SMILES string of the molecule is N#C[C@H]1CC[C@H](n2c(-c3ccc(O)cc3F)nc3cnc4[nH]ccc4c32)CC1. The van der Waals surface area contributed by atoms with Gasteiger partial charge in [-0.25, -0.2) is 14.4 Å². The molecule has 1 aliphatic carbocycles. The van der Waals surface area contributed by atoms with Gasteiger partial charge in [0, 0.05) is 29.6 Å². The number of phenols is 1. The second kappa shape index (κ2) is 6.34. The maximum absolute atomic E-state index is 14.7. The summed E-state index contributed by atoms with van der Waals surface area (Å²) in [6.07, 6.45) is 6.85. The molecule has 1 fully saturated rings. The van der Waals surface area contributed by atoms with E-state index < -0.39 is 5.82 Å². The molecule has 28 heavy (non-hydrogen) atoms. The Morgan fingerprint density at radius 3 is 2.79 bits per heavy atom. The first kappa shape index (κ1) is 16.8. The van der Waals surface area contributed by atoms with Gasteiger partial charge < -0.3 is 14.7 Å². The van der Waals surface area contributed by atoms with E-state index in [0.29, 0.717) is 16.9 Å². The second-order valence-electron chi connectivity index (χ2n) is 7.34. The van der Waals surface area contributed by atoms with Crippen molar-refractivity contribution in [3.05, 3.63) is 42.5 Å². The highest BCUT2D eigenvalue weighted by Crippen LogP contribution is 2.40. The van der Waals surface area contributed by atoms with Gasteiger partial charge in [-0.05, 0) is 43.9 Å². The smallest absolute Gasteiger partial charge is 0.144 e. The fourth-order valence-electron chi connectivity index (χ4n) is 4.29. The number of phenolic OH excluding ortho intramolecular Hbond substituents is 1. The lowest BCUT2D eigenvalue weighted by Gasteiger charge is -2.28. The van der Waals surface area contributed by atoms with Crippen molar-refractivity contribution in [1.29, 1.82) is 5.26 Å². The van der Waals surface area contributed by atoms with Crippen LogP contribution in [0.2, 0.25) is 0 Å². The molecular formula is C21H18FN5O. The molecule has 0 saturated heterocycles. The summed E-state index contributed by atoms with van der Waals surface area (Å²) in [5, 5.41) is 19.8. The molecule has 0 amide bonds. The second-order valence-corrected chi connectivity index (χ2v) is 7.34. The predicted octanol–water partition coefficient (Wildman–Crippen LogP) is 4.68. The van der Waals surface area contributed by atoms with Crippen molar-refractivity contribution in [1.82, 2.24) is 19.5 Å². The summed E-state index contributed by atoms with van der Waals surface area (Å²) < 4.78 is 16.8. The molecule has 0 radical (unpaired) electrons. The lowest BCUT2D eigenvalue weighted by atomic mass is 9.86. The van der Waals surface area contributed by atoms with Crippen LogP contribution < -0.4 is 0 Å². The quantitative estimate of drug-likeness (QED) is 0.532. The number of aromatic hydroxyl groups is 1. The number of nitrogens with zero attached hydrogens (tertiary/aromatic N) is 4. The van der Waals surface area contributed by atoms with Crippen LogP contribution in [0, 0.1) is 23.1 Å². The highest BCUT2D eigenvalue weighted by atomic mass is 19.1. The van der Waals surface area contributed by atoms with Crippen LogP contribution in [-0.4, -0.2) is 24.6 Å². The summed E-state index contributed by atoms with van der Waals surface area (Å²) in [6, 6.07) is 8.59. The minimum absolute atomic E-state index is 0.0776. The van der Waals surface area contributed by atoms with E-state index in [1.54, 1.807) is 12.3 Å². The maximum atomic E-state index is 14.7. The first-order valence-corrected chi connectivity index (χ1v) is 9.38. The third-order valence-corrected chi connectivity index (χ3v) is 5.67. The molecule has 1 aliphatic rings. The first-order valence-electron chi connectivity index (χ1n) is 9.38. The Hall–Kier alpha value is -3.40. The molecule has 3 heterocycles. The van der Waals surface area contributed by atoms with Crippen LogP contribution in [0.3, 0.4) is 0 Å². The normalized spacial score (nSPS) is 19.9. The van der Waals surface area contributed by atoms with Crippen molar-refractivity contribution >= 4 is 22.1 Å². The van der Waals surface area contributed by atoms with E-state index in [1.807, 2.05) is 12.3 Å². The van der Waals surface area contributed by atoms with Crippen molar-refractivity contribution in [2.45, 2.75) is 31.7 Å². The van der Waals surface area contributed by atoms with Crippen LogP contribution in [0.1, 0.15) is 31.7 Å². The molecule has 6 nitrogen and oxygen atoms in total. The van der Waals surface area contributed by atoms with Crippen LogP contribution in [0.25, 0.3) is 33.5 Å². The largest absolute Gasteiger partial charge is 0.508 e. The first-order chi connectivity index (χ1) is 13.7. The van der Waals surface area contributed by atoms with Gasteiger partial charge in [0.25, 0.3) is 0 Å². The molecule has 140 valence electrons. The molecule has 3 aromatic heterocycles. The molecule has 0 unspecified atom stereocenters. The Morgan fingerprint density at radius 1 is 1.21 bits per heavy atom. The van der Waals surface area contributed by atoms with Gasteiger partial charge in [0.05, 0.1) is 23.3 Å².